The van der Waals surface area contributed by atoms with E-state index in [2.05, 4.69) is 34.5 Å². The summed E-state index contributed by atoms with van der Waals surface area (Å²) in [5.74, 6) is -0.204. The molecule has 0 spiro atoms. The molecule has 3 N–H and O–H groups in total. The van der Waals surface area contributed by atoms with Gasteiger partial charge in [0.15, 0.2) is 0 Å². The van der Waals surface area contributed by atoms with Gasteiger partial charge in [-0.3, -0.25) is 4.79 Å². The first-order valence-corrected chi connectivity index (χ1v) is 7.59. The first-order valence-electron chi connectivity index (χ1n) is 7.59. The maximum absolute atomic E-state index is 10.6. The van der Waals surface area contributed by atoms with E-state index >= 15 is 0 Å². The van der Waals surface area contributed by atoms with Crippen molar-refractivity contribution in [3.8, 4) is 0 Å². The molecule has 1 aromatic carbocycles. The second-order valence-corrected chi connectivity index (χ2v) is 5.42. The topological polar surface area (TPSA) is 58.4 Å². The molecule has 2 rings (SSSR count). The number of nitrogens with two attached hydrogens (primary N) is 1. The van der Waals surface area contributed by atoms with Crippen molar-refractivity contribution in [1.82, 2.24) is 5.32 Å². The third kappa shape index (κ3) is 4.53. The number of carbonyl (C=O) groups is 1. The molecule has 0 aromatic heterocycles. The summed E-state index contributed by atoms with van der Waals surface area (Å²) in [6.45, 7) is 4.18. The molecule has 1 saturated heterocycles. The predicted octanol–water partition coefficient (Wildman–Crippen LogP) is 2.03. The van der Waals surface area contributed by atoms with Gasteiger partial charge in [0, 0.05) is 31.7 Å². The van der Waals surface area contributed by atoms with E-state index in [1.165, 1.54) is 37.2 Å². The molecule has 110 valence electrons. The van der Waals surface area contributed by atoms with Gasteiger partial charge >= 0.3 is 0 Å². The van der Waals surface area contributed by atoms with Gasteiger partial charge in [0.25, 0.3) is 0 Å². The van der Waals surface area contributed by atoms with Crippen LogP contribution in [0.2, 0.25) is 0 Å². The number of carbonyl (C=O) groups excluding carboxylic acids is 1. The van der Waals surface area contributed by atoms with E-state index in [0.29, 0.717) is 6.42 Å². The largest absolute Gasteiger partial charge is 0.371 e. The average molecular weight is 275 g/mol. The van der Waals surface area contributed by atoms with Crippen molar-refractivity contribution >= 4 is 11.6 Å². The molecule has 0 unspecified atom stereocenters. The summed E-state index contributed by atoms with van der Waals surface area (Å²) in [6.07, 6.45) is 4.96. The first-order chi connectivity index (χ1) is 9.77. The number of hydrogen-bond acceptors (Lipinski definition) is 3. The maximum atomic E-state index is 10.6. The lowest BCUT2D eigenvalue weighted by Gasteiger charge is -2.21. The van der Waals surface area contributed by atoms with Crippen molar-refractivity contribution in [3.63, 3.8) is 0 Å². The Bertz CT molecular complexity index is 427. The van der Waals surface area contributed by atoms with Crippen molar-refractivity contribution in [2.75, 3.05) is 24.5 Å². The summed E-state index contributed by atoms with van der Waals surface area (Å²) in [5.41, 5.74) is 7.86. The minimum atomic E-state index is -0.204. The highest BCUT2D eigenvalue weighted by atomic mass is 16.1. The summed E-state index contributed by atoms with van der Waals surface area (Å²) in [7, 11) is 0. The average Bonchev–Trinajstić information content (AvgIpc) is 2.97. The molecule has 1 amide bonds. The molecular weight excluding hydrogens is 250 g/mol. The van der Waals surface area contributed by atoms with Crippen LogP contribution >= 0.6 is 0 Å². The van der Waals surface area contributed by atoms with E-state index in [1.807, 2.05) is 0 Å². The third-order valence-electron chi connectivity index (χ3n) is 3.78. The molecule has 4 nitrogen and oxygen atoms in total. The van der Waals surface area contributed by atoms with Gasteiger partial charge in [0.2, 0.25) is 5.91 Å². The molecule has 0 aliphatic carbocycles. The van der Waals surface area contributed by atoms with Gasteiger partial charge in [-0.2, -0.15) is 0 Å². The van der Waals surface area contributed by atoms with Crippen LogP contribution in [0.15, 0.2) is 24.3 Å². The standard InChI is InChI=1S/C16H25N3O/c17-16(20)9-3-4-10-18-13-14-7-1-2-8-15(14)19-11-5-6-12-19/h1-2,7-8,18H,3-6,9-13H2,(H2,17,20). The number of nitrogens with one attached hydrogen (secondary N) is 1. The zero-order valence-corrected chi connectivity index (χ0v) is 12.1. The van der Waals surface area contributed by atoms with Crippen molar-refractivity contribution < 1.29 is 4.79 Å². The summed E-state index contributed by atoms with van der Waals surface area (Å²) in [5, 5.41) is 3.46. The van der Waals surface area contributed by atoms with Crippen molar-refractivity contribution in [2.24, 2.45) is 5.73 Å². The highest BCUT2D eigenvalue weighted by Gasteiger charge is 2.14. The van der Waals surface area contributed by atoms with Gasteiger partial charge in [0.1, 0.15) is 0 Å². The summed E-state index contributed by atoms with van der Waals surface area (Å²) in [6, 6.07) is 8.63. The summed E-state index contributed by atoms with van der Waals surface area (Å²) in [4.78, 5) is 13.1. The van der Waals surface area contributed by atoms with E-state index < -0.39 is 0 Å². The maximum Gasteiger partial charge on any atom is 0.217 e. The summed E-state index contributed by atoms with van der Waals surface area (Å²) < 4.78 is 0. The number of rotatable bonds is 8. The lowest BCUT2D eigenvalue weighted by Crippen LogP contribution is -2.22. The number of hydrogen-bond donors (Lipinski definition) is 2. The molecule has 1 aliphatic heterocycles. The number of primary amides is 1. The van der Waals surface area contributed by atoms with Crippen LogP contribution in [0.25, 0.3) is 0 Å². The molecule has 0 saturated carbocycles. The van der Waals surface area contributed by atoms with Crippen LogP contribution in [0.3, 0.4) is 0 Å². The molecule has 0 radical (unpaired) electrons. The van der Waals surface area contributed by atoms with E-state index in [1.54, 1.807) is 0 Å². The molecule has 1 aliphatic rings. The minimum absolute atomic E-state index is 0.204. The van der Waals surface area contributed by atoms with Crippen LogP contribution in [0, 0.1) is 0 Å². The second-order valence-electron chi connectivity index (χ2n) is 5.42. The third-order valence-corrected chi connectivity index (χ3v) is 3.78. The molecule has 0 atom stereocenters. The van der Waals surface area contributed by atoms with Crippen molar-refractivity contribution in [1.29, 1.82) is 0 Å². The number of benzene rings is 1. The fourth-order valence-corrected chi connectivity index (χ4v) is 2.70. The van der Waals surface area contributed by atoms with E-state index in [-0.39, 0.29) is 5.91 Å². The molecule has 1 aromatic rings. The fraction of sp³-hybridized carbons (Fsp3) is 0.562. The molecule has 4 heteroatoms. The van der Waals surface area contributed by atoms with Crippen molar-refractivity contribution in [2.45, 2.75) is 38.6 Å². The Balaban J connectivity index is 1.76. The lowest BCUT2D eigenvalue weighted by atomic mass is 10.1. The molecule has 1 heterocycles. The van der Waals surface area contributed by atoms with Gasteiger partial charge < -0.3 is 16.0 Å². The van der Waals surface area contributed by atoms with Crippen LogP contribution in [0.4, 0.5) is 5.69 Å². The lowest BCUT2D eigenvalue weighted by molar-refractivity contribution is -0.118. The highest BCUT2D eigenvalue weighted by molar-refractivity contribution is 5.73. The van der Waals surface area contributed by atoms with E-state index in [0.717, 1.165) is 25.9 Å². The zero-order valence-electron chi connectivity index (χ0n) is 12.1. The number of amides is 1. The predicted molar refractivity (Wildman–Crippen MR) is 82.6 cm³/mol. The van der Waals surface area contributed by atoms with Crippen LogP contribution < -0.4 is 16.0 Å². The Morgan fingerprint density at radius 1 is 1.20 bits per heavy atom. The van der Waals surface area contributed by atoms with Crippen LogP contribution in [-0.2, 0) is 11.3 Å². The molecular formula is C16H25N3O. The van der Waals surface area contributed by atoms with Gasteiger partial charge in [-0.15, -0.1) is 0 Å². The Labute approximate surface area is 121 Å². The van der Waals surface area contributed by atoms with E-state index in [4.69, 9.17) is 5.73 Å². The minimum Gasteiger partial charge on any atom is -0.371 e. The van der Waals surface area contributed by atoms with Gasteiger partial charge in [0.05, 0.1) is 0 Å². The number of para-hydroxylation sites is 1. The number of unbranched alkanes of at least 4 members (excludes halogenated alkanes) is 1. The van der Waals surface area contributed by atoms with Crippen LogP contribution in [0.1, 0.15) is 37.7 Å². The smallest absolute Gasteiger partial charge is 0.217 e. The Morgan fingerprint density at radius 2 is 1.95 bits per heavy atom. The zero-order chi connectivity index (χ0) is 14.2. The number of anilines is 1. The van der Waals surface area contributed by atoms with E-state index in [9.17, 15) is 4.79 Å². The monoisotopic (exact) mass is 275 g/mol. The quantitative estimate of drug-likeness (QED) is 0.714. The Hall–Kier alpha value is -1.55. The highest BCUT2D eigenvalue weighted by Crippen LogP contribution is 2.24. The van der Waals surface area contributed by atoms with Gasteiger partial charge in [-0.1, -0.05) is 18.2 Å². The molecule has 1 fully saturated rings. The van der Waals surface area contributed by atoms with Gasteiger partial charge in [-0.05, 0) is 43.9 Å². The van der Waals surface area contributed by atoms with Crippen molar-refractivity contribution in [3.05, 3.63) is 29.8 Å². The summed E-state index contributed by atoms with van der Waals surface area (Å²) >= 11 is 0. The Kier molecular flexibility index (Phi) is 5.87. The Morgan fingerprint density at radius 3 is 2.70 bits per heavy atom. The molecule has 0 bridgehead atoms. The molecule has 20 heavy (non-hydrogen) atoms. The normalized spacial score (nSPS) is 14.7. The van der Waals surface area contributed by atoms with Crippen LogP contribution in [0.5, 0.6) is 0 Å². The second kappa shape index (κ2) is 7.90. The number of nitrogens with zero attached hydrogens (tertiary/aromatic N) is 1. The first kappa shape index (κ1) is 14.9. The SMILES string of the molecule is NC(=O)CCCCNCc1ccccc1N1CCCC1. The van der Waals surface area contributed by atoms with Crippen LogP contribution in [-0.4, -0.2) is 25.5 Å². The van der Waals surface area contributed by atoms with Gasteiger partial charge in [-0.25, -0.2) is 0 Å². The fourth-order valence-electron chi connectivity index (χ4n) is 2.70.